The van der Waals surface area contributed by atoms with Crippen molar-refractivity contribution >= 4 is 0 Å². The van der Waals surface area contributed by atoms with Crippen molar-refractivity contribution in [3.05, 3.63) is 36.6 Å². The Hall–Kier alpha value is -1.49. The standard InChI is InChI=1S/C7H7NO/c1-2-3-4-5-7(9)6-8/h2-5,9H,1H2. The van der Waals surface area contributed by atoms with Crippen LogP contribution in [0.4, 0.5) is 0 Å². The highest BCUT2D eigenvalue weighted by molar-refractivity contribution is 5.19. The predicted octanol–water partition coefficient (Wildman–Crippen LogP) is 1.69. The van der Waals surface area contributed by atoms with Crippen molar-refractivity contribution in [3.8, 4) is 6.07 Å². The third-order valence-corrected chi connectivity index (χ3v) is 0.616. The van der Waals surface area contributed by atoms with E-state index >= 15 is 0 Å². The monoisotopic (exact) mass is 121 g/mol. The molecule has 2 nitrogen and oxygen atoms in total. The summed E-state index contributed by atoms with van der Waals surface area (Å²) >= 11 is 0. The number of rotatable bonds is 2. The van der Waals surface area contributed by atoms with Gasteiger partial charge in [-0.25, -0.2) is 0 Å². The number of allylic oxidation sites excluding steroid dienone is 5. The molecule has 0 aromatic heterocycles. The van der Waals surface area contributed by atoms with Crippen molar-refractivity contribution in [2.75, 3.05) is 0 Å². The zero-order chi connectivity index (χ0) is 7.11. The number of hydrogen-bond acceptors (Lipinski definition) is 2. The molecule has 0 saturated carbocycles. The Morgan fingerprint density at radius 3 is 2.67 bits per heavy atom. The van der Waals surface area contributed by atoms with Gasteiger partial charge in [-0.2, -0.15) is 5.26 Å². The minimum atomic E-state index is -0.298. The molecule has 0 amide bonds. The predicted molar refractivity (Wildman–Crippen MR) is 35.7 cm³/mol. The van der Waals surface area contributed by atoms with Gasteiger partial charge in [0.15, 0.2) is 5.76 Å². The zero-order valence-electron chi connectivity index (χ0n) is 4.91. The lowest BCUT2D eigenvalue weighted by Gasteiger charge is -1.75. The smallest absolute Gasteiger partial charge is 0.194 e. The van der Waals surface area contributed by atoms with Gasteiger partial charge in [0.2, 0.25) is 0 Å². The molecule has 46 valence electrons. The van der Waals surface area contributed by atoms with E-state index in [0.29, 0.717) is 0 Å². The van der Waals surface area contributed by atoms with E-state index in [1.807, 2.05) is 0 Å². The molecule has 0 aliphatic heterocycles. The molecule has 0 aromatic rings. The number of hydrogen-bond donors (Lipinski definition) is 1. The van der Waals surface area contributed by atoms with E-state index in [9.17, 15) is 0 Å². The summed E-state index contributed by atoms with van der Waals surface area (Å²) in [5.41, 5.74) is 0. The quantitative estimate of drug-likeness (QED) is 0.261. The van der Waals surface area contributed by atoms with Gasteiger partial charge < -0.3 is 5.11 Å². The third kappa shape index (κ3) is 4.36. The van der Waals surface area contributed by atoms with Crippen molar-refractivity contribution in [1.29, 1.82) is 5.26 Å². The minimum Gasteiger partial charge on any atom is -0.499 e. The van der Waals surface area contributed by atoms with Crippen LogP contribution in [0.25, 0.3) is 0 Å². The number of aliphatic hydroxyl groups is 1. The van der Waals surface area contributed by atoms with Crippen LogP contribution in [-0.4, -0.2) is 5.11 Å². The first kappa shape index (κ1) is 7.51. The SMILES string of the molecule is C=CC=CC=C(O)C#N. The van der Waals surface area contributed by atoms with Gasteiger partial charge in [0.25, 0.3) is 0 Å². The third-order valence-electron chi connectivity index (χ3n) is 0.616. The molecule has 0 unspecified atom stereocenters. The molecule has 0 atom stereocenters. The second-order valence-electron chi connectivity index (χ2n) is 1.28. The van der Waals surface area contributed by atoms with Crippen LogP contribution in [0.1, 0.15) is 0 Å². The van der Waals surface area contributed by atoms with Crippen LogP contribution >= 0.6 is 0 Å². The van der Waals surface area contributed by atoms with Gasteiger partial charge in [-0.05, 0) is 6.08 Å². The number of nitriles is 1. The molecule has 0 heterocycles. The second-order valence-corrected chi connectivity index (χ2v) is 1.28. The summed E-state index contributed by atoms with van der Waals surface area (Å²) < 4.78 is 0. The Balaban J connectivity index is 3.86. The van der Waals surface area contributed by atoms with E-state index < -0.39 is 0 Å². The summed E-state index contributed by atoms with van der Waals surface area (Å²) in [7, 11) is 0. The van der Waals surface area contributed by atoms with Crippen LogP contribution in [-0.2, 0) is 0 Å². The Morgan fingerprint density at radius 1 is 1.56 bits per heavy atom. The molecule has 2 heteroatoms. The molecular formula is C7H7NO. The molecular weight excluding hydrogens is 114 g/mol. The molecule has 0 saturated heterocycles. The summed E-state index contributed by atoms with van der Waals surface area (Å²) in [6.07, 6.45) is 6.00. The summed E-state index contributed by atoms with van der Waals surface area (Å²) in [6.45, 7) is 3.40. The molecule has 0 spiro atoms. The summed E-state index contributed by atoms with van der Waals surface area (Å²) in [5, 5.41) is 16.5. The van der Waals surface area contributed by atoms with Gasteiger partial charge in [-0.1, -0.05) is 24.8 Å². The molecule has 0 aromatic carbocycles. The van der Waals surface area contributed by atoms with E-state index in [0.717, 1.165) is 0 Å². The minimum absolute atomic E-state index is 0.298. The van der Waals surface area contributed by atoms with Crippen LogP contribution in [0.2, 0.25) is 0 Å². The zero-order valence-corrected chi connectivity index (χ0v) is 4.91. The summed E-state index contributed by atoms with van der Waals surface area (Å²) in [6, 6.07) is 1.55. The Morgan fingerprint density at radius 2 is 2.22 bits per heavy atom. The number of nitrogens with zero attached hydrogens (tertiary/aromatic N) is 1. The van der Waals surface area contributed by atoms with E-state index in [1.54, 1.807) is 18.2 Å². The van der Waals surface area contributed by atoms with Crippen molar-refractivity contribution < 1.29 is 5.11 Å². The van der Waals surface area contributed by atoms with Gasteiger partial charge >= 0.3 is 0 Å². The number of aliphatic hydroxyl groups excluding tert-OH is 1. The lowest BCUT2D eigenvalue weighted by molar-refractivity contribution is 0.437. The lowest BCUT2D eigenvalue weighted by atomic mass is 10.4. The first-order chi connectivity index (χ1) is 4.31. The van der Waals surface area contributed by atoms with Crippen molar-refractivity contribution in [2.45, 2.75) is 0 Å². The lowest BCUT2D eigenvalue weighted by Crippen LogP contribution is -1.68. The summed E-state index contributed by atoms with van der Waals surface area (Å²) in [4.78, 5) is 0. The first-order valence-electron chi connectivity index (χ1n) is 2.39. The average molecular weight is 121 g/mol. The fourth-order valence-corrected chi connectivity index (χ4v) is 0.263. The Kier molecular flexibility index (Phi) is 3.89. The van der Waals surface area contributed by atoms with Crippen molar-refractivity contribution in [3.63, 3.8) is 0 Å². The maximum atomic E-state index is 8.50. The van der Waals surface area contributed by atoms with Crippen LogP contribution in [0, 0.1) is 11.3 Å². The maximum absolute atomic E-state index is 8.50. The molecule has 0 aliphatic rings. The molecule has 0 radical (unpaired) electrons. The van der Waals surface area contributed by atoms with E-state index in [1.165, 1.54) is 12.2 Å². The van der Waals surface area contributed by atoms with Gasteiger partial charge in [0.1, 0.15) is 6.07 Å². The first-order valence-corrected chi connectivity index (χ1v) is 2.39. The van der Waals surface area contributed by atoms with Gasteiger partial charge in [0.05, 0.1) is 0 Å². The molecule has 0 rings (SSSR count). The van der Waals surface area contributed by atoms with Crippen molar-refractivity contribution in [1.82, 2.24) is 0 Å². The highest BCUT2D eigenvalue weighted by Gasteiger charge is 1.78. The molecule has 0 fully saturated rings. The molecule has 9 heavy (non-hydrogen) atoms. The van der Waals surface area contributed by atoms with Crippen molar-refractivity contribution in [2.24, 2.45) is 0 Å². The fourth-order valence-electron chi connectivity index (χ4n) is 0.263. The molecule has 0 bridgehead atoms. The molecule has 0 aliphatic carbocycles. The van der Waals surface area contributed by atoms with Gasteiger partial charge in [0, 0.05) is 0 Å². The largest absolute Gasteiger partial charge is 0.499 e. The highest BCUT2D eigenvalue weighted by atomic mass is 16.3. The van der Waals surface area contributed by atoms with Crippen LogP contribution in [0.15, 0.2) is 36.6 Å². The van der Waals surface area contributed by atoms with Gasteiger partial charge in [-0.15, -0.1) is 0 Å². The van der Waals surface area contributed by atoms with E-state index in [4.69, 9.17) is 10.4 Å². The molecule has 1 N–H and O–H groups in total. The topological polar surface area (TPSA) is 44.0 Å². The Labute approximate surface area is 54.0 Å². The van der Waals surface area contributed by atoms with Gasteiger partial charge in [-0.3, -0.25) is 0 Å². The second kappa shape index (κ2) is 4.66. The average Bonchev–Trinajstić information content (AvgIpc) is 1.89. The Bertz CT molecular complexity index is 184. The van der Waals surface area contributed by atoms with Crippen LogP contribution in [0.5, 0.6) is 0 Å². The maximum Gasteiger partial charge on any atom is 0.194 e. The van der Waals surface area contributed by atoms with Crippen LogP contribution < -0.4 is 0 Å². The normalized spacial score (nSPS) is 11.2. The fraction of sp³-hybridized carbons (Fsp3) is 0. The van der Waals surface area contributed by atoms with E-state index in [2.05, 4.69) is 6.58 Å². The highest BCUT2D eigenvalue weighted by Crippen LogP contribution is 1.84. The summed E-state index contributed by atoms with van der Waals surface area (Å²) in [5.74, 6) is -0.298. The van der Waals surface area contributed by atoms with E-state index in [-0.39, 0.29) is 5.76 Å². The van der Waals surface area contributed by atoms with Crippen LogP contribution in [0.3, 0.4) is 0 Å².